The topological polar surface area (TPSA) is 91.1 Å². The number of nitrogens with one attached hydrogen (secondary N) is 1. The molecule has 20 heavy (non-hydrogen) atoms. The van der Waals surface area contributed by atoms with E-state index in [4.69, 9.17) is 4.55 Å². The van der Waals surface area contributed by atoms with Gasteiger partial charge in [-0.15, -0.1) is 5.11 Å². The number of hydrogen-bond acceptors (Lipinski definition) is 4. The Kier molecular flexibility index (Phi) is 6.31. The predicted octanol–water partition coefficient (Wildman–Crippen LogP) is 2.40. The third kappa shape index (κ3) is 5.03. The van der Waals surface area contributed by atoms with Crippen LogP contribution in [-0.4, -0.2) is 42.5 Å². The molecule has 0 aliphatic rings. The maximum atomic E-state index is 10.8. The molecule has 0 radical (unpaired) electrons. The molecule has 2 N–H and O–H groups in total. The van der Waals surface area contributed by atoms with Gasteiger partial charge in [-0.2, -0.15) is 8.42 Å². The van der Waals surface area contributed by atoms with Crippen molar-refractivity contribution in [1.82, 2.24) is 0 Å². The van der Waals surface area contributed by atoms with Crippen LogP contribution < -0.4 is 5.43 Å². The molecule has 0 fully saturated rings. The summed E-state index contributed by atoms with van der Waals surface area (Å²) in [5, 5.41) is 7.63. The maximum absolute atomic E-state index is 10.8. The molecule has 2 rings (SSSR count). The molecule has 8 heteroatoms. The van der Waals surface area contributed by atoms with E-state index in [-0.39, 0.29) is 34.5 Å². The fraction of sp³-hybridized carbons (Fsp3) is 0. The van der Waals surface area contributed by atoms with Crippen LogP contribution in [-0.2, 0) is 10.1 Å². The van der Waals surface area contributed by atoms with Crippen molar-refractivity contribution in [3.63, 3.8) is 0 Å². The van der Waals surface area contributed by atoms with Gasteiger partial charge in [0.25, 0.3) is 10.1 Å². The van der Waals surface area contributed by atoms with Gasteiger partial charge in [0, 0.05) is 0 Å². The molecule has 0 amide bonds. The monoisotopic (exact) mass is 301 g/mol. The Balaban J connectivity index is 0.00000200. The minimum atomic E-state index is -4.17. The molecule has 0 heterocycles. The van der Waals surface area contributed by atoms with Crippen LogP contribution >= 0.6 is 0 Å². The number of anilines is 1. The Morgan fingerprint density at radius 1 is 0.950 bits per heavy atom. The van der Waals surface area contributed by atoms with Crippen molar-refractivity contribution in [3.8, 4) is 0 Å². The predicted molar refractivity (Wildman–Crippen MR) is 78.0 cm³/mol. The summed E-state index contributed by atoms with van der Waals surface area (Å²) in [6.45, 7) is 0. The summed E-state index contributed by atoms with van der Waals surface area (Å²) in [7, 11) is -4.17. The van der Waals surface area contributed by atoms with E-state index < -0.39 is 10.1 Å². The van der Waals surface area contributed by atoms with E-state index in [1.54, 1.807) is 0 Å². The van der Waals surface area contributed by atoms with E-state index in [1.807, 2.05) is 30.3 Å². The van der Waals surface area contributed by atoms with E-state index in [2.05, 4.69) is 15.8 Å². The van der Waals surface area contributed by atoms with Crippen LogP contribution in [0.2, 0.25) is 0 Å². The van der Waals surface area contributed by atoms with Gasteiger partial charge in [-0.1, -0.05) is 23.4 Å². The Labute approximate surface area is 138 Å². The molecule has 2 aromatic rings. The van der Waals surface area contributed by atoms with E-state index in [1.165, 1.54) is 24.3 Å². The standard InChI is InChI=1S/C12H11N3O3S.Na.H/c16-19(17,18)12-8-6-11(7-9-12)14-15-13-10-4-2-1-3-5-10;;/h1-9H,(H,13,14)(H,16,17,18);;. The SMILES string of the molecule is O=S(=O)(O)c1ccc(N=NNc2ccccc2)cc1.[NaH]. The Bertz CT molecular complexity index is 673. The Hall–Kier alpha value is -1.25. The summed E-state index contributed by atoms with van der Waals surface area (Å²) in [6, 6.07) is 14.7. The first-order valence-corrected chi connectivity index (χ1v) is 6.79. The van der Waals surface area contributed by atoms with E-state index in [0.717, 1.165) is 5.69 Å². The zero-order chi connectivity index (χ0) is 13.7. The third-order valence-corrected chi connectivity index (χ3v) is 3.12. The first-order valence-electron chi connectivity index (χ1n) is 5.35. The molecular formula is C12H12N3NaO3S. The molecule has 6 nitrogen and oxygen atoms in total. The van der Waals surface area contributed by atoms with Crippen molar-refractivity contribution >= 4 is 51.1 Å². The minimum absolute atomic E-state index is 0. The van der Waals surface area contributed by atoms with Gasteiger partial charge in [-0.05, 0) is 36.4 Å². The van der Waals surface area contributed by atoms with Crippen LogP contribution in [0.15, 0.2) is 69.8 Å². The molecule has 0 bridgehead atoms. The summed E-state index contributed by atoms with van der Waals surface area (Å²) in [6.07, 6.45) is 0. The van der Waals surface area contributed by atoms with Crippen molar-refractivity contribution < 1.29 is 13.0 Å². The van der Waals surface area contributed by atoms with Gasteiger partial charge in [0.05, 0.1) is 16.3 Å². The molecule has 100 valence electrons. The first-order chi connectivity index (χ1) is 9.05. The number of rotatable bonds is 4. The summed E-state index contributed by atoms with van der Waals surface area (Å²) in [5.41, 5.74) is 3.99. The second kappa shape index (κ2) is 7.51. The molecule has 0 aliphatic carbocycles. The van der Waals surface area contributed by atoms with Gasteiger partial charge >= 0.3 is 29.6 Å². The van der Waals surface area contributed by atoms with Gasteiger partial charge < -0.3 is 0 Å². The second-order valence-electron chi connectivity index (χ2n) is 3.65. The molecule has 0 spiro atoms. The van der Waals surface area contributed by atoms with Gasteiger partial charge in [0.1, 0.15) is 0 Å². The molecule has 2 aromatic carbocycles. The fourth-order valence-corrected chi connectivity index (χ4v) is 1.82. The third-order valence-electron chi connectivity index (χ3n) is 2.25. The van der Waals surface area contributed by atoms with Crippen LogP contribution in [0.1, 0.15) is 0 Å². The quantitative estimate of drug-likeness (QED) is 0.392. The zero-order valence-corrected chi connectivity index (χ0v) is 10.6. The van der Waals surface area contributed by atoms with E-state index >= 15 is 0 Å². The first kappa shape index (κ1) is 16.8. The summed E-state index contributed by atoms with van der Waals surface area (Å²) >= 11 is 0. The summed E-state index contributed by atoms with van der Waals surface area (Å²) < 4.78 is 30.5. The van der Waals surface area contributed by atoms with Crippen LogP contribution in [0, 0.1) is 0 Å². The molecule has 0 aliphatic heterocycles. The van der Waals surface area contributed by atoms with Crippen LogP contribution in [0.3, 0.4) is 0 Å². The number of para-hydroxylation sites is 1. The molecule has 0 unspecified atom stereocenters. The zero-order valence-electron chi connectivity index (χ0n) is 9.76. The van der Waals surface area contributed by atoms with E-state index in [9.17, 15) is 8.42 Å². The second-order valence-corrected chi connectivity index (χ2v) is 5.07. The van der Waals surface area contributed by atoms with Crippen LogP contribution in [0.25, 0.3) is 0 Å². The average Bonchev–Trinajstić information content (AvgIpc) is 2.39. The molecular weight excluding hydrogens is 289 g/mol. The Morgan fingerprint density at radius 2 is 1.55 bits per heavy atom. The van der Waals surface area contributed by atoms with Crippen molar-refractivity contribution in [3.05, 3.63) is 54.6 Å². The molecule has 0 saturated carbocycles. The Morgan fingerprint density at radius 3 is 2.10 bits per heavy atom. The van der Waals surface area contributed by atoms with E-state index in [0.29, 0.717) is 5.69 Å². The van der Waals surface area contributed by atoms with Crippen LogP contribution in [0.5, 0.6) is 0 Å². The summed E-state index contributed by atoms with van der Waals surface area (Å²) in [5.74, 6) is 0. The number of hydrogen-bond donors (Lipinski definition) is 2. The summed E-state index contributed by atoms with van der Waals surface area (Å²) in [4.78, 5) is -0.178. The van der Waals surface area contributed by atoms with Crippen molar-refractivity contribution in [1.29, 1.82) is 0 Å². The fourth-order valence-electron chi connectivity index (χ4n) is 1.34. The van der Waals surface area contributed by atoms with Gasteiger partial charge in [0.2, 0.25) is 0 Å². The van der Waals surface area contributed by atoms with Gasteiger partial charge in [-0.25, -0.2) is 0 Å². The molecule has 0 atom stereocenters. The normalized spacial score (nSPS) is 11.1. The van der Waals surface area contributed by atoms with Crippen molar-refractivity contribution in [2.75, 3.05) is 5.43 Å². The van der Waals surface area contributed by atoms with Crippen molar-refractivity contribution in [2.45, 2.75) is 4.90 Å². The number of benzene rings is 2. The average molecular weight is 301 g/mol. The van der Waals surface area contributed by atoms with Crippen LogP contribution in [0.4, 0.5) is 11.4 Å². The molecule has 0 saturated heterocycles. The van der Waals surface area contributed by atoms with Gasteiger partial charge in [-0.3, -0.25) is 9.98 Å². The molecule has 0 aromatic heterocycles. The van der Waals surface area contributed by atoms with Gasteiger partial charge in [0.15, 0.2) is 0 Å². The number of nitrogens with zero attached hydrogens (tertiary/aromatic N) is 2. The van der Waals surface area contributed by atoms with Crippen molar-refractivity contribution in [2.24, 2.45) is 10.3 Å².